The van der Waals surface area contributed by atoms with Crippen LogP contribution in [0, 0.1) is 0 Å². The van der Waals surface area contributed by atoms with E-state index in [-0.39, 0.29) is 11.9 Å². The number of hydrogen-bond acceptors (Lipinski definition) is 4. The highest BCUT2D eigenvalue weighted by molar-refractivity contribution is 7.98. The van der Waals surface area contributed by atoms with Crippen LogP contribution in [-0.2, 0) is 0 Å². The molecule has 0 aromatic carbocycles. The van der Waals surface area contributed by atoms with Gasteiger partial charge in [-0.3, -0.25) is 4.90 Å². The number of likely N-dealkylation sites (N-methyl/N-ethyl adjacent to an activating group) is 1. The Bertz CT molecular complexity index is 152. The summed E-state index contributed by atoms with van der Waals surface area (Å²) in [5.74, 6) is 1.32. The van der Waals surface area contributed by atoms with Crippen LogP contribution in [0.5, 0.6) is 0 Å². The third-order valence-electron chi connectivity index (χ3n) is 1.85. The summed E-state index contributed by atoms with van der Waals surface area (Å²) in [6, 6.07) is 0.00199. The molecule has 0 spiro atoms. The highest BCUT2D eigenvalue weighted by Crippen LogP contribution is 1.98. The highest BCUT2D eigenvalue weighted by atomic mass is 32.2. The molecule has 0 saturated heterocycles. The van der Waals surface area contributed by atoms with Gasteiger partial charge in [0, 0.05) is 12.3 Å². The second kappa shape index (κ2) is 6.14. The van der Waals surface area contributed by atoms with Crippen molar-refractivity contribution in [3.63, 3.8) is 0 Å². The molecule has 0 aliphatic carbocycles. The Morgan fingerprint density at radius 2 is 2.33 bits per heavy atom. The predicted molar refractivity (Wildman–Crippen MR) is 53.9 cm³/mol. The second-order valence-corrected chi connectivity index (χ2v) is 3.66. The molecule has 5 heteroatoms. The Hall–Kier alpha value is -0.420. The largest absolute Gasteiger partial charge is 0.409 e. The van der Waals surface area contributed by atoms with Crippen LogP contribution >= 0.6 is 11.8 Å². The molecule has 0 saturated carbocycles. The van der Waals surface area contributed by atoms with E-state index in [1.807, 2.05) is 18.9 Å². The van der Waals surface area contributed by atoms with Crippen molar-refractivity contribution in [2.75, 3.05) is 25.6 Å². The third kappa shape index (κ3) is 3.82. The Labute approximate surface area is 77.8 Å². The van der Waals surface area contributed by atoms with Gasteiger partial charge < -0.3 is 10.9 Å². The first-order chi connectivity index (χ1) is 5.63. The van der Waals surface area contributed by atoms with Crippen LogP contribution in [0.2, 0.25) is 0 Å². The van der Waals surface area contributed by atoms with E-state index in [4.69, 9.17) is 10.9 Å². The molecule has 0 aliphatic rings. The number of nitrogens with zero attached hydrogens (tertiary/aromatic N) is 2. The summed E-state index contributed by atoms with van der Waals surface area (Å²) in [4.78, 5) is 2.05. The highest BCUT2D eigenvalue weighted by Gasteiger charge is 2.12. The summed E-state index contributed by atoms with van der Waals surface area (Å²) in [7, 11) is 1.96. The molecular weight excluding hydrogens is 174 g/mol. The van der Waals surface area contributed by atoms with Crippen molar-refractivity contribution in [3.05, 3.63) is 0 Å². The lowest BCUT2D eigenvalue weighted by atomic mass is 10.3. The van der Waals surface area contributed by atoms with Crippen LogP contribution in [0.1, 0.15) is 6.92 Å². The van der Waals surface area contributed by atoms with Gasteiger partial charge in [0.05, 0.1) is 6.04 Å². The Balaban J connectivity index is 3.83. The van der Waals surface area contributed by atoms with Crippen LogP contribution in [0.25, 0.3) is 0 Å². The van der Waals surface area contributed by atoms with Gasteiger partial charge >= 0.3 is 0 Å². The topological polar surface area (TPSA) is 61.8 Å². The van der Waals surface area contributed by atoms with Crippen molar-refractivity contribution in [2.24, 2.45) is 10.9 Å². The minimum Gasteiger partial charge on any atom is -0.409 e. The molecule has 72 valence electrons. The van der Waals surface area contributed by atoms with Crippen LogP contribution in [0.4, 0.5) is 0 Å². The SMILES string of the molecule is CSCCN(C)C(C)C(N)=NO. The van der Waals surface area contributed by atoms with Gasteiger partial charge in [-0.2, -0.15) is 11.8 Å². The van der Waals surface area contributed by atoms with Gasteiger partial charge in [0.1, 0.15) is 0 Å². The lowest BCUT2D eigenvalue weighted by molar-refractivity contribution is 0.292. The first kappa shape index (κ1) is 11.6. The molecule has 1 atom stereocenters. The summed E-state index contributed by atoms with van der Waals surface area (Å²) >= 11 is 1.78. The Morgan fingerprint density at radius 3 is 2.75 bits per heavy atom. The molecule has 1 unspecified atom stereocenters. The third-order valence-corrected chi connectivity index (χ3v) is 2.44. The minimum absolute atomic E-state index is 0.00199. The van der Waals surface area contributed by atoms with E-state index in [9.17, 15) is 0 Å². The normalized spacial score (nSPS) is 15.2. The number of oxime groups is 1. The van der Waals surface area contributed by atoms with E-state index in [1.165, 1.54) is 0 Å². The van der Waals surface area contributed by atoms with Gasteiger partial charge in [-0.1, -0.05) is 5.16 Å². The summed E-state index contributed by atoms with van der Waals surface area (Å²) < 4.78 is 0. The van der Waals surface area contributed by atoms with Crippen LogP contribution in [0.15, 0.2) is 5.16 Å². The summed E-state index contributed by atoms with van der Waals surface area (Å²) in [6.07, 6.45) is 2.06. The first-order valence-corrected chi connectivity index (χ1v) is 5.19. The number of hydrogen-bond donors (Lipinski definition) is 2. The van der Waals surface area contributed by atoms with Gasteiger partial charge in [-0.25, -0.2) is 0 Å². The number of nitrogens with two attached hydrogens (primary N) is 1. The molecule has 0 aliphatic heterocycles. The number of rotatable bonds is 5. The van der Waals surface area contributed by atoms with Gasteiger partial charge in [-0.15, -0.1) is 0 Å². The average Bonchev–Trinajstić information content (AvgIpc) is 2.11. The maximum Gasteiger partial charge on any atom is 0.156 e. The molecule has 0 amide bonds. The van der Waals surface area contributed by atoms with Crippen molar-refractivity contribution in [1.29, 1.82) is 0 Å². The standard InChI is InChI=1S/C7H17N3OS/c1-6(7(8)9-11)10(2)4-5-12-3/h6,11H,4-5H2,1-3H3,(H2,8,9). The molecule has 4 nitrogen and oxygen atoms in total. The van der Waals surface area contributed by atoms with Crippen molar-refractivity contribution < 1.29 is 5.21 Å². The fourth-order valence-electron chi connectivity index (χ4n) is 0.738. The molecule has 12 heavy (non-hydrogen) atoms. The van der Waals surface area contributed by atoms with E-state index in [1.54, 1.807) is 11.8 Å². The van der Waals surface area contributed by atoms with E-state index in [0.717, 1.165) is 12.3 Å². The fraction of sp³-hybridized carbons (Fsp3) is 0.857. The van der Waals surface area contributed by atoms with Crippen LogP contribution in [0.3, 0.4) is 0 Å². The zero-order valence-electron chi connectivity index (χ0n) is 7.82. The summed E-state index contributed by atoms with van der Waals surface area (Å²) in [5, 5.41) is 11.4. The van der Waals surface area contributed by atoms with Crippen LogP contribution in [-0.4, -0.2) is 47.6 Å². The summed E-state index contributed by atoms with van der Waals surface area (Å²) in [5.41, 5.74) is 5.44. The van der Waals surface area contributed by atoms with Gasteiger partial charge in [0.25, 0.3) is 0 Å². The first-order valence-electron chi connectivity index (χ1n) is 3.80. The molecule has 0 radical (unpaired) electrons. The van der Waals surface area contributed by atoms with E-state index in [2.05, 4.69) is 11.4 Å². The van der Waals surface area contributed by atoms with E-state index < -0.39 is 0 Å². The predicted octanol–water partition coefficient (Wildman–Crippen LogP) is 0.416. The van der Waals surface area contributed by atoms with E-state index in [0.29, 0.717) is 0 Å². The molecule has 0 aromatic rings. The molecule has 0 rings (SSSR count). The Kier molecular flexibility index (Phi) is 5.92. The minimum atomic E-state index is 0.00199. The zero-order chi connectivity index (χ0) is 9.56. The molecule has 0 heterocycles. The molecular formula is C7H17N3OS. The van der Waals surface area contributed by atoms with Gasteiger partial charge in [-0.05, 0) is 20.2 Å². The quantitative estimate of drug-likeness (QED) is 0.286. The van der Waals surface area contributed by atoms with Gasteiger partial charge in [0.15, 0.2) is 5.84 Å². The monoisotopic (exact) mass is 191 g/mol. The molecule has 3 N–H and O–H groups in total. The second-order valence-electron chi connectivity index (χ2n) is 2.67. The number of thioether (sulfide) groups is 1. The maximum absolute atomic E-state index is 8.41. The van der Waals surface area contributed by atoms with Crippen LogP contribution < -0.4 is 5.73 Å². The van der Waals surface area contributed by atoms with Crippen molar-refractivity contribution in [2.45, 2.75) is 13.0 Å². The lowest BCUT2D eigenvalue weighted by Crippen LogP contribution is -2.41. The van der Waals surface area contributed by atoms with E-state index >= 15 is 0 Å². The molecule has 0 bridgehead atoms. The Morgan fingerprint density at radius 1 is 1.75 bits per heavy atom. The average molecular weight is 191 g/mol. The number of amidine groups is 1. The molecule has 0 aromatic heterocycles. The maximum atomic E-state index is 8.41. The van der Waals surface area contributed by atoms with Crippen molar-refractivity contribution >= 4 is 17.6 Å². The van der Waals surface area contributed by atoms with Gasteiger partial charge in [0.2, 0.25) is 0 Å². The lowest BCUT2D eigenvalue weighted by Gasteiger charge is -2.22. The molecule has 0 fully saturated rings. The smallest absolute Gasteiger partial charge is 0.156 e. The zero-order valence-corrected chi connectivity index (χ0v) is 8.64. The van der Waals surface area contributed by atoms with Crippen molar-refractivity contribution in [3.8, 4) is 0 Å². The van der Waals surface area contributed by atoms with Crippen molar-refractivity contribution in [1.82, 2.24) is 4.90 Å². The fourth-order valence-corrected chi connectivity index (χ4v) is 1.21. The summed E-state index contributed by atoms with van der Waals surface area (Å²) in [6.45, 7) is 2.86.